The molecular weight excluding hydrogens is 351 g/mol. The first kappa shape index (κ1) is 18.1. The molecule has 0 aliphatic heterocycles. The maximum Gasteiger partial charge on any atom is 0.264 e. The molecule has 0 saturated carbocycles. The first-order valence-corrected chi connectivity index (χ1v) is 9.51. The molecule has 26 heavy (non-hydrogen) atoms. The summed E-state index contributed by atoms with van der Waals surface area (Å²) in [4.78, 5) is 4.33. The molecule has 0 atom stereocenters. The van der Waals surface area contributed by atoms with Gasteiger partial charge < -0.3 is 0 Å². The maximum atomic E-state index is 13.1. The number of hydrogen-bond donors (Lipinski definition) is 0. The van der Waals surface area contributed by atoms with Crippen molar-refractivity contribution in [3.8, 4) is 11.3 Å². The van der Waals surface area contributed by atoms with Crippen LogP contribution in [0.2, 0.25) is 0 Å². The molecule has 1 aromatic heterocycles. The van der Waals surface area contributed by atoms with E-state index in [9.17, 15) is 12.8 Å². The van der Waals surface area contributed by atoms with Crippen LogP contribution in [-0.2, 0) is 10.0 Å². The highest BCUT2D eigenvalue weighted by Crippen LogP contribution is 2.29. The van der Waals surface area contributed by atoms with E-state index in [4.69, 9.17) is 0 Å². The monoisotopic (exact) mass is 370 g/mol. The maximum absolute atomic E-state index is 13.1. The number of sulfonamides is 1. The molecule has 1 heterocycles. The molecule has 3 aromatic rings. The fourth-order valence-electron chi connectivity index (χ4n) is 2.62. The van der Waals surface area contributed by atoms with Crippen LogP contribution in [0.4, 0.5) is 10.1 Å². The van der Waals surface area contributed by atoms with Crippen molar-refractivity contribution in [2.45, 2.75) is 18.7 Å². The summed E-state index contributed by atoms with van der Waals surface area (Å²) >= 11 is 0. The van der Waals surface area contributed by atoms with E-state index < -0.39 is 15.8 Å². The van der Waals surface area contributed by atoms with Gasteiger partial charge in [0.15, 0.2) is 0 Å². The number of halogens is 1. The third kappa shape index (κ3) is 3.46. The Bertz CT molecular complexity index is 1030. The van der Waals surface area contributed by atoms with E-state index in [2.05, 4.69) is 4.98 Å². The van der Waals surface area contributed by atoms with Crippen molar-refractivity contribution in [3.63, 3.8) is 0 Å². The van der Waals surface area contributed by atoms with Crippen LogP contribution in [0.1, 0.15) is 11.1 Å². The molecule has 3 rings (SSSR count). The standard InChI is InChI=1S/C20H19FN2O2S/c1-14-4-9-18(10-5-14)26(24,25)23(3)17-8-6-15(2)19(12-17)20-11-7-16(21)13-22-20/h4-13H,1-3H3. The number of rotatable bonds is 4. The summed E-state index contributed by atoms with van der Waals surface area (Å²) in [6, 6.07) is 15.0. The number of aryl methyl sites for hydroxylation is 2. The lowest BCUT2D eigenvalue weighted by atomic mass is 10.0. The number of anilines is 1. The van der Waals surface area contributed by atoms with E-state index in [0.717, 1.165) is 22.9 Å². The van der Waals surface area contributed by atoms with E-state index in [1.165, 1.54) is 17.4 Å². The molecule has 0 bridgehead atoms. The molecule has 0 unspecified atom stereocenters. The van der Waals surface area contributed by atoms with Crippen LogP contribution in [0.25, 0.3) is 11.3 Å². The number of pyridine rings is 1. The molecule has 0 amide bonds. The van der Waals surface area contributed by atoms with E-state index >= 15 is 0 Å². The van der Waals surface area contributed by atoms with Crippen molar-refractivity contribution in [1.82, 2.24) is 4.98 Å². The normalized spacial score (nSPS) is 11.4. The highest BCUT2D eigenvalue weighted by Gasteiger charge is 2.22. The fourth-order valence-corrected chi connectivity index (χ4v) is 3.81. The fraction of sp³-hybridized carbons (Fsp3) is 0.150. The van der Waals surface area contributed by atoms with Gasteiger partial charge in [-0.15, -0.1) is 0 Å². The number of hydrogen-bond acceptors (Lipinski definition) is 3. The Morgan fingerprint density at radius 2 is 1.65 bits per heavy atom. The van der Waals surface area contributed by atoms with Crippen LogP contribution < -0.4 is 4.31 Å². The van der Waals surface area contributed by atoms with Gasteiger partial charge >= 0.3 is 0 Å². The van der Waals surface area contributed by atoms with Gasteiger partial charge in [-0.25, -0.2) is 12.8 Å². The quantitative estimate of drug-likeness (QED) is 0.687. The van der Waals surface area contributed by atoms with Crippen LogP contribution in [-0.4, -0.2) is 20.4 Å². The zero-order valence-corrected chi connectivity index (χ0v) is 15.6. The molecule has 0 spiro atoms. The van der Waals surface area contributed by atoms with Crippen LogP contribution >= 0.6 is 0 Å². The van der Waals surface area contributed by atoms with Crippen molar-refractivity contribution < 1.29 is 12.8 Å². The molecule has 6 heteroatoms. The minimum Gasteiger partial charge on any atom is -0.269 e. The Morgan fingerprint density at radius 3 is 2.27 bits per heavy atom. The topological polar surface area (TPSA) is 50.3 Å². The Labute approximate surface area is 153 Å². The zero-order valence-electron chi connectivity index (χ0n) is 14.8. The predicted molar refractivity (Wildman–Crippen MR) is 101 cm³/mol. The minimum atomic E-state index is -3.67. The lowest BCUT2D eigenvalue weighted by molar-refractivity contribution is 0.594. The summed E-state index contributed by atoms with van der Waals surface area (Å²) in [7, 11) is -2.16. The molecule has 0 aliphatic rings. The second-order valence-electron chi connectivity index (χ2n) is 6.15. The average Bonchev–Trinajstić information content (AvgIpc) is 2.63. The minimum absolute atomic E-state index is 0.229. The summed E-state index contributed by atoms with van der Waals surface area (Å²) in [6.45, 7) is 3.81. The molecule has 134 valence electrons. The summed E-state index contributed by atoms with van der Waals surface area (Å²) in [5.74, 6) is -0.415. The van der Waals surface area contributed by atoms with Crippen molar-refractivity contribution in [2.75, 3.05) is 11.4 Å². The largest absolute Gasteiger partial charge is 0.269 e. The second-order valence-corrected chi connectivity index (χ2v) is 8.12. The van der Waals surface area contributed by atoms with Crippen LogP contribution in [0, 0.1) is 19.7 Å². The van der Waals surface area contributed by atoms with E-state index in [1.54, 1.807) is 42.5 Å². The Hall–Kier alpha value is -2.73. The van der Waals surface area contributed by atoms with Crippen molar-refractivity contribution in [1.29, 1.82) is 0 Å². The van der Waals surface area contributed by atoms with E-state index in [1.807, 2.05) is 19.9 Å². The smallest absolute Gasteiger partial charge is 0.264 e. The average molecular weight is 370 g/mol. The van der Waals surface area contributed by atoms with E-state index in [0.29, 0.717) is 11.4 Å². The molecule has 0 N–H and O–H groups in total. The molecule has 2 aromatic carbocycles. The van der Waals surface area contributed by atoms with Gasteiger partial charge in [-0.3, -0.25) is 9.29 Å². The molecule has 0 saturated heterocycles. The van der Waals surface area contributed by atoms with Gasteiger partial charge in [-0.2, -0.15) is 0 Å². The van der Waals surface area contributed by atoms with Gasteiger partial charge in [0.1, 0.15) is 5.82 Å². The molecular formula is C20H19FN2O2S. The first-order chi connectivity index (χ1) is 12.3. The summed E-state index contributed by atoms with van der Waals surface area (Å²) < 4.78 is 40.1. The SMILES string of the molecule is Cc1ccc(S(=O)(=O)N(C)c2ccc(C)c(-c3ccc(F)cn3)c2)cc1. The summed E-state index contributed by atoms with van der Waals surface area (Å²) in [6.07, 6.45) is 1.15. The van der Waals surface area contributed by atoms with Gasteiger partial charge in [0, 0.05) is 12.6 Å². The third-order valence-electron chi connectivity index (χ3n) is 4.27. The van der Waals surface area contributed by atoms with Crippen LogP contribution in [0.15, 0.2) is 65.7 Å². The predicted octanol–water partition coefficient (Wildman–Crippen LogP) is 4.33. The summed E-state index contributed by atoms with van der Waals surface area (Å²) in [5, 5.41) is 0. The zero-order chi connectivity index (χ0) is 18.9. The lowest BCUT2D eigenvalue weighted by Gasteiger charge is -2.21. The highest BCUT2D eigenvalue weighted by atomic mass is 32.2. The van der Waals surface area contributed by atoms with Crippen LogP contribution in [0.5, 0.6) is 0 Å². The van der Waals surface area contributed by atoms with Crippen molar-refractivity contribution in [3.05, 3.63) is 77.7 Å². The van der Waals surface area contributed by atoms with Gasteiger partial charge in [0.2, 0.25) is 0 Å². The van der Waals surface area contributed by atoms with Gasteiger partial charge in [-0.05, 0) is 55.8 Å². The van der Waals surface area contributed by atoms with E-state index in [-0.39, 0.29) is 4.90 Å². The lowest BCUT2D eigenvalue weighted by Crippen LogP contribution is -2.26. The highest BCUT2D eigenvalue weighted by molar-refractivity contribution is 7.92. The Kier molecular flexibility index (Phi) is 4.78. The molecule has 0 fully saturated rings. The van der Waals surface area contributed by atoms with Crippen LogP contribution in [0.3, 0.4) is 0 Å². The van der Waals surface area contributed by atoms with Gasteiger partial charge in [-0.1, -0.05) is 23.8 Å². The number of aromatic nitrogens is 1. The second kappa shape index (κ2) is 6.88. The summed E-state index contributed by atoms with van der Waals surface area (Å²) in [5.41, 5.74) is 3.78. The Balaban J connectivity index is 2.02. The van der Waals surface area contributed by atoms with Gasteiger partial charge in [0.25, 0.3) is 10.0 Å². The molecule has 0 aliphatic carbocycles. The van der Waals surface area contributed by atoms with Crippen molar-refractivity contribution >= 4 is 15.7 Å². The van der Waals surface area contributed by atoms with Gasteiger partial charge in [0.05, 0.1) is 22.5 Å². The molecule has 0 radical (unpaired) electrons. The van der Waals surface area contributed by atoms with Crippen molar-refractivity contribution in [2.24, 2.45) is 0 Å². The first-order valence-electron chi connectivity index (χ1n) is 8.07. The number of nitrogens with zero attached hydrogens (tertiary/aromatic N) is 2. The third-order valence-corrected chi connectivity index (χ3v) is 6.07. The Morgan fingerprint density at radius 1 is 0.962 bits per heavy atom. The number of benzene rings is 2. The molecule has 4 nitrogen and oxygen atoms in total.